The normalized spacial score (nSPS) is 10.5. The van der Waals surface area contributed by atoms with E-state index in [1.807, 2.05) is 6.07 Å². The van der Waals surface area contributed by atoms with Gasteiger partial charge in [0.05, 0.1) is 0 Å². The van der Waals surface area contributed by atoms with Gasteiger partial charge in [0.2, 0.25) is 5.95 Å². The lowest BCUT2D eigenvalue weighted by molar-refractivity contribution is 0.762. The van der Waals surface area contributed by atoms with Gasteiger partial charge in [0.1, 0.15) is 4.64 Å². The Morgan fingerprint density at radius 1 is 1.40 bits per heavy atom. The van der Waals surface area contributed by atoms with Crippen molar-refractivity contribution in [3.05, 3.63) is 34.9 Å². The Kier molecular flexibility index (Phi) is 2.91. The maximum Gasteiger partial charge on any atom is 0.249 e. The van der Waals surface area contributed by atoms with Gasteiger partial charge in [-0.25, -0.2) is 14.6 Å². The van der Waals surface area contributed by atoms with Crippen LogP contribution in [0.3, 0.4) is 0 Å². The predicted octanol–water partition coefficient (Wildman–Crippen LogP) is 2.28. The van der Waals surface area contributed by atoms with Gasteiger partial charge in [0.25, 0.3) is 0 Å². The zero-order valence-electron chi connectivity index (χ0n) is 8.47. The molecule has 0 aliphatic carbocycles. The molecule has 0 unspecified atom stereocenters. The second-order valence-corrected chi connectivity index (χ2v) is 3.67. The van der Waals surface area contributed by atoms with E-state index in [-0.39, 0.29) is 0 Å². The molecule has 0 aromatic carbocycles. The van der Waals surface area contributed by atoms with Gasteiger partial charge in [-0.2, -0.15) is 0 Å². The van der Waals surface area contributed by atoms with Crippen molar-refractivity contribution < 1.29 is 0 Å². The third-order valence-corrected chi connectivity index (χ3v) is 2.35. The van der Waals surface area contributed by atoms with E-state index in [2.05, 4.69) is 22.0 Å². The fraction of sp³-hybridized carbons (Fsp3) is 0.300. The SMILES string of the molecule is CCCc1cc(=S)n(-c2ncccn2)[nH]1. The standard InChI is InChI=1S/C10H12N4S/c1-2-4-8-7-9(15)14(13-8)10-11-5-3-6-12-10/h3,5-7,13H,2,4H2,1H3. The molecule has 5 heteroatoms. The number of H-pyrrole nitrogens is 1. The van der Waals surface area contributed by atoms with Gasteiger partial charge in [0.15, 0.2) is 0 Å². The molecule has 15 heavy (non-hydrogen) atoms. The Bertz CT molecular complexity index is 486. The highest BCUT2D eigenvalue weighted by Gasteiger charge is 2.03. The maximum atomic E-state index is 5.22. The van der Waals surface area contributed by atoms with Crippen molar-refractivity contribution in [2.45, 2.75) is 19.8 Å². The van der Waals surface area contributed by atoms with E-state index < -0.39 is 0 Å². The Morgan fingerprint density at radius 2 is 2.13 bits per heavy atom. The number of aryl methyl sites for hydroxylation is 1. The molecule has 0 bridgehead atoms. The van der Waals surface area contributed by atoms with Crippen LogP contribution in [0.15, 0.2) is 24.5 Å². The van der Waals surface area contributed by atoms with Crippen LogP contribution in [-0.2, 0) is 6.42 Å². The highest BCUT2D eigenvalue weighted by molar-refractivity contribution is 7.71. The van der Waals surface area contributed by atoms with Crippen LogP contribution in [0.25, 0.3) is 5.95 Å². The molecule has 0 fully saturated rings. The van der Waals surface area contributed by atoms with Crippen LogP contribution in [0.5, 0.6) is 0 Å². The summed E-state index contributed by atoms with van der Waals surface area (Å²) in [6.45, 7) is 2.13. The fourth-order valence-corrected chi connectivity index (χ4v) is 1.67. The van der Waals surface area contributed by atoms with E-state index in [0.717, 1.165) is 18.5 Å². The minimum Gasteiger partial charge on any atom is -0.294 e. The lowest BCUT2D eigenvalue weighted by Crippen LogP contribution is -2.02. The first kappa shape index (κ1) is 10.0. The summed E-state index contributed by atoms with van der Waals surface area (Å²) in [5.74, 6) is 0.588. The van der Waals surface area contributed by atoms with E-state index >= 15 is 0 Å². The van der Waals surface area contributed by atoms with Crippen LogP contribution in [0.1, 0.15) is 19.0 Å². The van der Waals surface area contributed by atoms with E-state index in [4.69, 9.17) is 12.2 Å². The third kappa shape index (κ3) is 2.12. The number of hydrogen-bond acceptors (Lipinski definition) is 3. The van der Waals surface area contributed by atoms with E-state index in [0.29, 0.717) is 10.6 Å². The van der Waals surface area contributed by atoms with E-state index in [9.17, 15) is 0 Å². The molecular weight excluding hydrogens is 208 g/mol. The van der Waals surface area contributed by atoms with Gasteiger partial charge in [-0.3, -0.25) is 5.10 Å². The maximum absolute atomic E-state index is 5.22. The van der Waals surface area contributed by atoms with E-state index in [1.165, 1.54) is 0 Å². The minimum absolute atomic E-state index is 0.588. The van der Waals surface area contributed by atoms with Crippen LogP contribution < -0.4 is 0 Å². The number of nitrogens with one attached hydrogen (secondary N) is 1. The highest BCUT2D eigenvalue weighted by atomic mass is 32.1. The summed E-state index contributed by atoms with van der Waals surface area (Å²) in [4.78, 5) is 8.27. The molecule has 4 nitrogen and oxygen atoms in total. The molecule has 0 saturated carbocycles. The molecule has 2 aromatic heterocycles. The van der Waals surface area contributed by atoms with Crippen molar-refractivity contribution in [1.29, 1.82) is 0 Å². The van der Waals surface area contributed by atoms with Crippen molar-refractivity contribution in [3.8, 4) is 5.95 Å². The van der Waals surface area contributed by atoms with Gasteiger partial charge in [-0.15, -0.1) is 0 Å². The molecule has 0 amide bonds. The van der Waals surface area contributed by atoms with Crippen molar-refractivity contribution in [3.63, 3.8) is 0 Å². The minimum atomic E-state index is 0.588. The third-order valence-electron chi connectivity index (χ3n) is 2.04. The Balaban J connectivity index is 2.41. The topological polar surface area (TPSA) is 46.5 Å². The van der Waals surface area contributed by atoms with Crippen LogP contribution in [0.2, 0.25) is 0 Å². The van der Waals surface area contributed by atoms with Crippen LogP contribution >= 0.6 is 12.2 Å². The van der Waals surface area contributed by atoms with Crippen LogP contribution in [-0.4, -0.2) is 19.7 Å². The molecule has 0 spiro atoms. The van der Waals surface area contributed by atoms with Gasteiger partial charge in [0, 0.05) is 18.1 Å². The number of nitrogens with zero attached hydrogens (tertiary/aromatic N) is 3. The first-order valence-corrected chi connectivity index (χ1v) is 5.30. The molecule has 0 atom stereocenters. The van der Waals surface area contributed by atoms with Gasteiger partial charge < -0.3 is 0 Å². The number of rotatable bonds is 3. The smallest absolute Gasteiger partial charge is 0.249 e. The number of aromatic nitrogens is 4. The molecule has 1 N–H and O–H groups in total. The molecule has 2 aromatic rings. The summed E-state index contributed by atoms with van der Waals surface area (Å²) < 4.78 is 2.44. The average molecular weight is 220 g/mol. The number of hydrogen-bond donors (Lipinski definition) is 1. The fourth-order valence-electron chi connectivity index (χ4n) is 1.40. The molecule has 0 aliphatic rings. The first-order chi connectivity index (χ1) is 7.31. The second-order valence-electron chi connectivity index (χ2n) is 3.25. The van der Waals surface area contributed by atoms with Crippen molar-refractivity contribution in [2.75, 3.05) is 0 Å². The predicted molar refractivity (Wildman–Crippen MR) is 60.5 cm³/mol. The largest absolute Gasteiger partial charge is 0.294 e. The van der Waals surface area contributed by atoms with Crippen molar-refractivity contribution >= 4 is 12.2 Å². The number of aromatic amines is 1. The van der Waals surface area contributed by atoms with E-state index in [1.54, 1.807) is 23.1 Å². The lowest BCUT2D eigenvalue weighted by Gasteiger charge is -1.99. The Labute approximate surface area is 93.0 Å². The zero-order valence-corrected chi connectivity index (χ0v) is 9.29. The lowest BCUT2D eigenvalue weighted by atomic mass is 10.3. The molecular formula is C10H12N4S. The summed E-state index contributed by atoms with van der Waals surface area (Å²) in [5.41, 5.74) is 1.12. The van der Waals surface area contributed by atoms with Crippen LogP contribution in [0.4, 0.5) is 0 Å². The summed E-state index contributed by atoms with van der Waals surface area (Å²) in [6.07, 6.45) is 5.48. The summed E-state index contributed by atoms with van der Waals surface area (Å²) in [7, 11) is 0. The van der Waals surface area contributed by atoms with Crippen molar-refractivity contribution in [2.24, 2.45) is 0 Å². The average Bonchev–Trinajstić information content (AvgIpc) is 2.61. The summed E-state index contributed by atoms with van der Waals surface area (Å²) in [6, 6.07) is 3.73. The molecule has 2 heterocycles. The summed E-state index contributed by atoms with van der Waals surface area (Å²) in [5, 5.41) is 3.19. The monoisotopic (exact) mass is 220 g/mol. The Morgan fingerprint density at radius 3 is 2.80 bits per heavy atom. The first-order valence-electron chi connectivity index (χ1n) is 4.89. The van der Waals surface area contributed by atoms with Gasteiger partial charge in [-0.1, -0.05) is 25.6 Å². The highest BCUT2D eigenvalue weighted by Crippen LogP contribution is 2.05. The van der Waals surface area contributed by atoms with Crippen molar-refractivity contribution in [1.82, 2.24) is 19.7 Å². The van der Waals surface area contributed by atoms with Gasteiger partial charge >= 0.3 is 0 Å². The molecule has 0 saturated heterocycles. The van der Waals surface area contributed by atoms with Gasteiger partial charge in [-0.05, 0) is 18.6 Å². The summed E-state index contributed by atoms with van der Waals surface area (Å²) >= 11 is 5.22. The molecule has 0 aliphatic heterocycles. The second kappa shape index (κ2) is 4.35. The molecule has 0 radical (unpaired) electrons. The molecule has 2 rings (SSSR count). The molecule has 78 valence electrons. The van der Waals surface area contributed by atoms with Crippen LogP contribution in [0, 0.1) is 4.64 Å². The Hall–Kier alpha value is -1.49. The quantitative estimate of drug-likeness (QED) is 0.807. The zero-order chi connectivity index (χ0) is 10.7.